The summed E-state index contributed by atoms with van der Waals surface area (Å²) in [7, 11) is -6.62. The van der Waals surface area contributed by atoms with Crippen molar-refractivity contribution in [3.63, 3.8) is 0 Å². The predicted molar refractivity (Wildman–Crippen MR) is 147 cm³/mol. The molecule has 1 unspecified atom stereocenters. The Morgan fingerprint density at radius 1 is 0.628 bits per heavy atom. The Bertz CT molecular complexity index is 1570. The van der Waals surface area contributed by atoms with Crippen molar-refractivity contribution >= 4 is 33.0 Å². The van der Waals surface area contributed by atoms with Crippen LogP contribution in [0.5, 0.6) is 0 Å². The van der Waals surface area contributed by atoms with Gasteiger partial charge >= 0.3 is 33.5 Å². The van der Waals surface area contributed by atoms with Gasteiger partial charge in [-0.05, 0) is 48.0 Å². The van der Waals surface area contributed by atoms with Gasteiger partial charge in [0, 0.05) is 0 Å². The van der Waals surface area contributed by atoms with Gasteiger partial charge in [-0.15, -0.1) is 0 Å². The maximum absolute atomic E-state index is 13.7. The summed E-state index contributed by atoms with van der Waals surface area (Å²) in [5.74, 6) is -8.64. The van der Waals surface area contributed by atoms with Crippen molar-refractivity contribution in [2.45, 2.75) is 32.0 Å². The van der Waals surface area contributed by atoms with Crippen molar-refractivity contribution in [3.8, 4) is 0 Å². The molecule has 0 saturated carbocycles. The first-order chi connectivity index (χ1) is 20.1. The van der Waals surface area contributed by atoms with E-state index in [2.05, 4.69) is 91.0 Å². The molecule has 0 radical (unpaired) electrons. The van der Waals surface area contributed by atoms with Gasteiger partial charge in [0.25, 0.3) is 0 Å². The van der Waals surface area contributed by atoms with E-state index in [0.29, 0.717) is 12.1 Å². The number of aromatic carboxylic acids is 2. The molecule has 4 aromatic carbocycles. The fourth-order valence-corrected chi connectivity index (χ4v) is 6.67. The molecule has 0 heterocycles. The maximum atomic E-state index is 13.7. The highest BCUT2D eigenvalue weighted by Crippen LogP contribution is 2.49. The van der Waals surface area contributed by atoms with E-state index in [9.17, 15) is 40.0 Å². The summed E-state index contributed by atoms with van der Waals surface area (Å²) in [5.41, 5.74) is -4.76. The second-order valence-corrected chi connectivity index (χ2v) is 12.2. The summed E-state index contributed by atoms with van der Waals surface area (Å²) in [6.07, 6.45) is -6.03. The highest BCUT2D eigenvalue weighted by atomic mass is 32.2. The van der Waals surface area contributed by atoms with E-state index in [1.165, 1.54) is 14.7 Å². The zero-order chi connectivity index (χ0) is 32.0. The number of carbonyl (C=O) groups is 2. The number of halogens is 5. The molecule has 0 aliphatic rings. The number of benzene rings is 4. The van der Waals surface area contributed by atoms with E-state index in [4.69, 9.17) is 14.8 Å². The zero-order valence-corrected chi connectivity index (χ0v) is 23.3. The number of alkyl halides is 5. The first-order valence-electron chi connectivity index (χ1n) is 12.0. The van der Waals surface area contributed by atoms with Gasteiger partial charge in [0.1, 0.15) is 0 Å². The van der Waals surface area contributed by atoms with Gasteiger partial charge in [-0.3, -0.25) is 4.55 Å². The summed E-state index contributed by atoms with van der Waals surface area (Å²) in [5, 5.41) is 11.8. The number of rotatable bonds is 8. The van der Waals surface area contributed by atoms with Crippen molar-refractivity contribution in [2.75, 3.05) is 0 Å². The van der Waals surface area contributed by atoms with Gasteiger partial charge in [-0.1, -0.05) is 66.7 Å². The molecular weight excluding hydrogens is 619 g/mol. The Hall–Kier alpha value is -4.27. The third-order valence-corrected chi connectivity index (χ3v) is 8.95. The van der Waals surface area contributed by atoms with E-state index in [1.54, 1.807) is 0 Å². The topological polar surface area (TPSA) is 129 Å². The van der Waals surface area contributed by atoms with Crippen LogP contribution in [0.2, 0.25) is 0 Å². The Morgan fingerprint density at radius 2 is 1.02 bits per heavy atom. The highest BCUT2D eigenvalue weighted by molar-refractivity contribution is 7.97. The predicted octanol–water partition coefficient (Wildman–Crippen LogP) is 6.99. The first-order valence-corrected chi connectivity index (χ1v) is 14.6. The van der Waals surface area contributed by atoms with Crippen LogP contribution < -0.4 is 0 Å². The minimum Gasteiger partial charge on any atom is -0.478 e. The molecule has 7 nitrogen and oxygen atoms in total. The van der Waals surface area contributed by atoms with E-state index in [0.717, 1.165) is 0 Å². The van der Waals surface area contributed by atoms with Gasteiger partial charge in [0.15, 0.2) is 20.6 Å². The van der Waals surface area contributed by atoms with Crippen molar-refractivity contribution in [3.05, 3.63) is 126 Å². The molecule has 43 heavy (non-hydrogen) atoms. The van der Waals surface area contributed by atoms with E-state index < -0.39 is 56.1 Å². The van der Waals surface area contributed by atoms with Crippen LogP contribution in [0.25, 0.3) is 0 Å². The molecule has 0 aliphatic carbocycles. The Kier molecular flexibility index (Phi) is 10.3. The molecule has 4 aromatic rings. The number of carboxylic acid groups (broad SMARTS) is 2. The second-order valence-electron chi connectivity index (χ2n) is 8.64. The lowest BCUT2D eigenvalue weighted by atomic mass is 9.90. The van der Waals surface area contributed by atoms with Gasteiger partial charge in [-0.25, -0.2) is 9.59 Å². The molecule has 1 atom stereocenters. The standard InChI is InChI=1S/C18H15S.C11H7F5O7S/c1-4-10-16(11-5-1)19(17-12-6-2-7-13-17)18-14-8-3-9-15-18;12-10(13,14)7(11(15,16)24(21,22)23)4-2-1-3-5(8(17)18)6(4)9(19)20/h1-15H;1-3,7H,(H,17,18)(H,19,20)(H,21,22,23)/q+1;. The van der Waals surface area contributed by atoms with Gasteiger partial charge in [0.05, 0.1) is 22.0 Å². The van der Waals surface area contributed by atoms with Crippen LogP contribution in [0, 0.1) is 0 Å². The smallest absolute Gasteiger partial charge is 0.402 e. The molecule has 14 heteroatoms. The zero-order valence-electron chi connectivity index (χ0n) is 21.7. The summed E-state index contributed by atoms with van der Waals surface area (Å²) in [6.45, 7) is 0. The van der Waals surface area contributed by atoms with Crippen molar-refractivity contribution < 1.29 is 54.7 Å². The van der Waals surface area contributed by atoms with E-state index in [1.807, 2.05) is 0 Å². The van der Waals surface area contributed by atoms with Crippen LogP contribution in [0.15, 0.2) is 124 Å². The quantitative estimate of drug-likeness (QED) is 0.107. The van der Waals surface area contributed by atoms with Crippen LogP contribution in [0.3, 0.4) is 0 Å². The SMILES string of the molecule is O=C(O)c1cccc(C(C(F)(F)F)C(F)(F)S(=O)(=O)O)c1C(=O)O.c1ccc([S+](c2ccccc2)c2ccccc2)cc1. The van der Waals surface area contributed by atoms with Gasteiger partial charge in [-0.2, -0.15) is 30.4 Å². The monoisotopic (exact) mass is 641 g/mol. The third kappa shape index (κ3) is 7.77. The summed E-state index contributed by atoms with van der Waals surface area (Å²) in [6, 6.07) is 33.4. The van der Waals surface area contributed by atoms with Crippen LogP contribution in [0.1, 0.15) is 32.2 Å². The number of carboxylic acids is 2. The number of hydrogen-bond acceptors (Lipinski definition) is 4. The first kappa shape index (κ1) is 33.2. The molecular formula is C29H22F5O7S2+. The average molecular weight is 642 g/mol. The normalized spacial score (nSPS) is 12.6. The Balaban J connectivity index is 0.000000241. The molecule has 3 N–H and O–H groups in total. The van der Waals surface area contributed by atoms with Crippen molar-refractivity contribution in [1.29, 1.82) is 0 Å². The fourth-order valence-electron chi connectivity index (χ4n) is 4.00. The second kappa shape index (κ2) is 13.4. The lowest BCUT2D eigenvalue weighted by Crippen LogP contribution is -2.44. The molecule has 4 rings (SSSR count). The van der Waals surface area contributed by atoms with E-state index in [-0.39, 0.29) is 17.0 Å². The summed E-state index contributed by atoms with van der Waals surface area (Å²) < 4.78 is 96.1. The van der Waals surface area contributed by atoms with E-state index >= 15 is 0 Å². The summed E-state index contributed by atoms with van der Waals surface area (Å²) >= 11 is 0. The minimum atomic E-state index is -6.60. The lowest BCUT2D eigenvalue weighted by molar-refractivity contribution is -0.189. The molecule has 0 fully saturated rings. The minimum absolute atomic E-state index is 0.0146. The van der Waals surface area contributed by atoms with Crippen LogP contribution in [0.4, 0.5) is 22.0 Å². The molecule has 0 spiro atoms. The van der Waals surface area contributed by atoms with Crippen LogP contribution in [-0.2, 0) is 21.0 Å². The molecule has 0 aliphatic heterocycles. The van der Waals surface area contributed by atoms with Crippen LogP contribution >= 0.6 is 0 Å². The van der Waals surface area contributed by atoms with Crippen molar-refractivity contribution in [1.82, 2.24) is 0 Å². The maximum Gasteiger partial charge on any atom is 0.402 e. The van der Waals surface area contributed by atoms with Crippen LogP contribution in [-0.4, -0.2) is 46.6 Å². The highest BCUT2D eigenvalue weighted by Gasteiger charge is 2.64. The number of hydrogen-bond donors (Lipinski definition) is 3. The molecule has 0 amide bonds. The fraction of sp³-hybridized carbons (Fsp3) is 0.103. The lowest BCUT2D eigenvalue weighted by Gasteiger charge is -2.28. The molecule has 0 saturated heterocycles. The van der Waals surface area contributed by atoms with Gasteiger partial charge in [0.2, 0.25) is 0 Å². The van der Waals surface area contributed by atoms with Crippen molar-refractivity contribution in [2.24, 2.45) is 0 Å². The summed E-state index contributed by atoms with van der Waals surface area (Å²) in [4.78, 5) is 26.0. The molecule has 0 bridgehead atoms. The molecule has 0 aromatic heterocycles. The largest absolute Gasteiger partial charge is 0.478 e. The molecule has 226 valence electrons. The third-order valence-electron chi connectivity index (χ3n) is 5.80. The Morgan fingerprint density at radius 3 is 1.33 bits per heavy atom. The average Bonchev–Trinajstić information content (AvgIpc) is 2.93. The Labute approximate surface area is 245 Å². The van der Waals surface area contributed by atoms with Gasteiger partial charge < -0.3 is 10.2 Å².